The average Bonchev–Trinajstić information content (AvgIpc) is 3.13. The first-order chi connectivity index (χ1) is 13.5. The number of nitrogens with zero attached hydrogens (tertiary/aromatic N) is 4. The maximum Gasteiger partial charge on any atom is 0.409 e. The molecule has 0 unspecified atom stereocenters. The molecule has 1 fully saturated rings. The quantitative estimate of drug-likeness (QED) is 0.623. The van der Waals surface area contributed by atoms with Gasteiger partial charge in [0.15, 0.2) is 5.82 Å². The maximum absolute atomic E-state index is 12.0. The number of likely N-dealkylation sites (tertiary alicyclic amines) is 1. The summed E-state index contributed by atoms with van der Waals surface area (Å²) < 4.78 is 8.19. The van der Waals surface area contributed by atoms with Crippen LogP contribution in [0.1, 0.15) is 42.9 Å². The highest BCUT2D eigenvalue weighted by molar-refractivity contribution is 9.10. The van der Waals surface area contributed by atoms with E-state index in [0.29, 0.717) is 19.7 Å². The molecular weight excluding hydrogens is 440 g/mol. The highest BCUT2D eigenvalue weighted by Crippen LogP contribution is 2.30. The number of hydrogen-bond donors (Lipinski definition) is 0. The number of benzene rings is 1. The molecular formula is C20H27BrN4O2S. The van der Waals surface area contributed by atoms with Gasteiger partial charge in [0.25, 0.3) is 0 Å². The topological polar surface area (TPSA) is 60.2 Å². The third-order valence-corrected chi connectivity index (χ3v) is 6.46. The summed E-state index contributed by atoms with van der Waals surface area (Å²) in [4.78, 5) is 18.7. The van der Waals surface area contributed by atoms with Crippen molar-refractivity contribution in [2.24, 2.45) is 0 Å². The molecule has 1 aromatic heterocycles. The van der Waals surface area contributed by atoms with Crippen LogP contribution >= 0.6 is 27.7 Å². The molecule has 28 heavy (non-hydrogen) atoms. The summed E-state index contributed by atoms with van der Waals surface area (Å²) in [6.07, 6.45) is 4.47. The summed E-state index contributed by atoms with van der Waals surface area (Å²) in [6.45, 7) is 5.70. The van der Waals surface area contributed by atoms with Crippen molar-refractivity contribution in [1.82, 2.24) is 19.7 Å². The molecule has 0 atom stereocenters. The first-order valence-corrected chi connectivity index (χ1v) is 11.8. The Labute approximate surface area is 179 Å². The molecule has 1 saturated heterocycles. The van der Waals surface area contributed by atoms with Crippen LogP contribution in [0.25, 0.3) is 5.69 Å². The molecule has 2 aromatic rings. The molecule has 1 amide bonds. The van der Waals surface area contributed by atoms with Gasteiger partial charge in [-0.2, -0.15) is 16.9 Å². The predicted octanol–water partition coefficient (Wildman–Crippen LogP) is 4.58. The summed E-state index contributed by atoms with van der Waals surface area (Å²) in [5.41, 5.74) is 2.21. The maximum atomic E-state index is 12.0. The number of carbonyl (C=O) groups excluding carboxylic acids is 1. The van der Waals surface area contributed by atoms with E-state index in [-0.39, 0.29) is 12.0 Å². The van der Waals surface area contributed by atoms with Gasteiger partial charge >= 0.3 is 6.09 Å². The Morgan fingerprint density at radius 2 is 2.11 bits per heavy atom. The zero-order valence-corrected chi connectivity index (χ0v) is 19.1. The van der Waals surface area contributed by atoms with Crippen molar-refractivity contribution < 1.29 is 9.53 Å². The van der Waals surface area contributed by atoms with E-state index in [9.17, 15) is 4.79 Å². The highest BCUT2D eigenvalue weighted by atomic mass is 79.9. The number of piperidine rings is 1. The normalized spacial score (nSPS) is 15.1. The molecule has 0 radical (unpaired) electrons. The monoisotopic (exact) mass is 466 g/mol. The number of ether oxygens (including phenoxy) is 1. The van der Waals surface area contributed by atoms with E-state index >= 15 is 0 Å². The van der Waals surface area contributed by atoms with Gasteiger partial charge in [0.05, 0.1) is 12.3 Å². The van der Waals surface area contributed by atoms with Crippen molar-refractivity contribution in [1.29, 1.82) is 0 Å². The van der Waals surface area contributed by atoms with E-state index in [1.807, 2.05) is 11.6 Å². The summed E-state index contributed by atoms with van der Waals surface area (Å²) in [5, 5.41) is 4.81. The molecule has 1 aliphatic rings. The number of amides is 1. The molecule has 8 heteroatoms. The molecule has 6 nitrogen and oxygen atoms in total. The summed E-state index contributed by atoms with van der Waals surface area (Å²) in [6, 6.07) is 6.28. The van der Waals surface area contributed by atoms with Gasteiger partial charge in [-0.1, -0.05) is 22.0 Å². The largest absolute Gasteiger partial charge is 0.450 e. The van der Waals surface area contributed by atoms with E-state index < -0.39 is 0 Å². The minimum atomic E-state index is -0.217. The van der Waals surface area contributed by atoms with Gasteiger partial charge in [0, 0.05) is 35.7 Å². The number of rotatable bonds is 6. The molecule has 1 aromatic carbocycles. The third kappa shape index (κ3) is 4.89. The van der Waals surface area contributed by atoms with E-state index in [0.717, 1.165) is 46.8 Å². The number of halogens is 1. The minimum absolute atomic E-state index is 0.217. The van der Waals surface area contributed by atoms with Crippen LogP contribution in [0.3, 0.4) is 0 Å². The lowest BCUT2D eigenvalue weighted by molar-refractivity contribution is 0.0965. The van der Waals surface area contributed by atoms with E-state index in [1.165, 1.54) is 5.56 Å². The van der Waals surface area contributed by atoms with Crippen LogP contribution in [0.4, 0.5) is 4.79 Å². The van der Waals surface area contributed by atoms with Gasteiger partial charge in [-0.25, -0.2) is 14.5 Å². The number of aromatic nitrogens is 3. The molecule has 2 heterocycles. The van der Waals surface area contributed by atoms with Gasteiger partial charge in [-0.3, -0.25) is 0 Å². The van der Waals surface area contributed by atoms with E-state index in [1.54, 1.807) is 16.7 Å². The molecule has 3 rings (SSSR count). The molecule has 0 bridgehead atoms. The van der Waals surface area contributed by atoms with Gasteiger partial charge in [0.2, 0.25) is 0 Å². The fraction of sp³-hybridized carbons (Fsp3) is 0.550. The second-order valence-electron chi connectivity index (χ2n) is 6.93. The molecule has 1 aliphatic heterocycles. The molecule has 0 N–H and O–H groups in total. The zero-order valence-electron chi connectivity index (χ0n) is 16.7. The van der Waals surface area contributed by atoms with Crippen molar-refractivity contribution in [3.8, 4) is 5.69 Å². The van der Waals surface area contributed by atoms with Crippen LogP contribution in [0.15, 0.2) is 22.7 Å². The second kappa shape index (κ2) is 9.78. The minimum Gasteiger partial charge on any atom is -0.450 e. The van der Waals surface area contributed by atoms with Gasteiger partial charge in [0.1, 0.15) is 5.82 Å². The van der Waals surface area contributed by atoms with Crippen molar-refractivity contribution in [3.05, 3.63) is 39.9 Å². The van der Waals surface area contributed by atoms with E-state index in [4.69, 9.17) is 14.8 Å². The van der Waals surface area contributed by atoms with Crippen LogP contribution in [0.5, 0.6) is 0 Å². The number of carbonyl (C=O) groups is 1. The first-order valence-electron chi connectivity index (χ1n) is 9.66. The Morgan fingerprint density at radius 3 is 2.75 bits per heavy atom. The van der Waals surface area contributed by atoms with Crippen LogP contribution in [-0.4, -0.2) is 57.5 Å². The number of thioether (sulfide) groups is 1. The Balaban J connectivity index is 1.84. The zero-order chi connectivity index (χ0) is 20.1. The molecule has 0 spiro atoms. The lowest BCUT2D eigenvalue weighted by atomic mass is 9.96. The highest BCUT2D eigenvalue weighted by Gasteiger charge is 2.28. The van der Waals surface area contributed by atoms with Crippen LogP contribution in [0, 0.1) is 6.92 Å². The fourth-order valence-corrected chi connectivity index (χ4v) is 4.12. The standard InChI is InChI=1S/C20H27BrN4O2S/c1-4-27-20(26)24-10-7-15(8-11-24)19-22-18(9-12-28-3)23-25(19)16-6-5-14(2)17(21)13-16/h5-6,13,15H,4,7-12H2,1-3H3. The van der Waals surface area contributed by atoms with Crippen LogP contribution < -0.4 is 0 Å². The average molecular weight is 467 g/mol. The summed E-state index contributed by atoms with van der Waals surface area (Å²) >= 11 is 5.43. The Kier molecular flexibility index (Phi) is 7.40. The van der Waals surface area contributed by atoms with Crippen molar-refractivity contribution in [2.75, 3.05) is 31.7 Å². The Bertz CT molecular complexity index is 819. The van der Waals surface area contributed by atoms with Crippen LogP contribution in [-0.2, 0) is 11.2 Å². The van der Waals surface area contributed by atoms with E-state index in [2.05, 4.69) is 47.3 Å². The lowest BCUT2D eigenvalue weighted by Gasteiger charge is -2.30. The van der Waals surface area contributed by atoms with Crippen molar-refractivity contribution >= 4 is 33.8 Å². The number of aryl methyl sites for hydroxylation is 2. The SMILES string of the molecule is CCOC(=O)N1CCC(c2nc(CCSC)nn2-c2ccc(C)c(Br)c2)CC1. The predicted molar refractivity (Wildman–Crippen MR) is 116 cm³/mol. The third-order valence-electron chi connectivity index (χ3n) is 4.99. The lowest BCUT2D eigenvalue weighted by Crippen LogP contribution is -2.38. The molecule has 152 valence electrons. The number of hydrogen-bond acceptors (Lipinski definition) is 5. The van der Waals surface area contributed by atoms with Gasteiger partial charge in [-0.15, -0.1) is 0 Å². The fourth-order valence-electron chi connectivity index (χ4n) is 3.37. The smallest absolute Gasteiger partial charge is 0.409 e. The van der Waals surface area contributed by atoms with Gasteiger partial charge in [-0.05, 0) is 50.6 Å². The van der Waals surface area contributed by atoms with Gasteiger partial charge < -0.3 is 9.64 Å². The Hall–Kier alpha value is -1.54. The van der Waals surface area contributed by atoms with Crippen molar-refractivity contribution in [2.45, 2.75) is 39.0 Å². The van der Waals surface area contributed by atoms with Crippen LogP contribution in [0.2, 0.25) is 0 Å². The second-order valence-corrected chi connectivity index (χ2v) is 8.77. The van der Waals surface area contributed by atoms with Crippen molar-refractivity contribution in [3.63, 3.8) is 0 Å². The summed E-state index contributed by atoms with van der Waals surface area (Å²) in [5.74, 6) is 3.16. The molecule has 0 saturated carbocycles. The Morgan fingerprint density at radius 1 is 1.36 bits per heavy atom. The molecule has 0 aliphatic carbocycles. The summed E-state index contributed by atoms with van der Waals surface area (Å²) in [7, 11) is 0. The first kappa shape index (κ1) is 21.2.